The molecule has 44 heavy (non-hydrogen) atoms. The fraction of sp³-hybridized carbons (Fsp3) is 0.364. The number of ether oxygens (including phenoxy) is 2. The summed E-state index contributed by atoms with van der Waals surface area (Å²) in [6, 6.07) is 16.0. The molecule has 3 aromatic carbocycles. The molecule has 5 rings (SSSR count). The quantitative estimate of drug-likeness (QED) is 0.286. The average molecular weight is 620 g/mol. The molecule has 0 aromatic heterocycles. The highest BCUT2D eigenvalue weighted by molar-refractivity contribution is 8.00. The van der Waals surface area contributed by atoms with Crippen LogP contribution in [-0.2, 0) is 22.6 Å². The summed E-state index contributed by atoms with van der Waals surface area (Å²) < 4.78 is 10.1. The van der Waals surface area contributed by atoms with Crippen LogP contribution in [0.3, 0.4) is 0 Å². The second-order valence-corrected chi connectivity index (χ2v) is 13.2. The Kier molecular flexibility index (Phi) is 9.07. The smallest absolute Gasteiger partial charge is 0.254 e. The Morgan fingerprint density at radius 1 is 1.02 bits per heavy atom. The Morgan fingerprint density at radius 2 is 1.75 bits per heavy atom. The van der Waals surface area contributed by atoms with E-state index in [-0.39, 0.29) is 42.9 Å². The Balaban J connectivity index is 1.34. The summed E-state index contributed by atoms with van der Waals surface area (Å²) in [6.07, 6.45) is -1.47. The molecule has 3 atom stereocenters. The molecule has 232 valence electrons. The third-order valence-electron chi connectivity index (χ3n) is 8.11. The van der Waals surface area contributed by atoms with Gasteiger partial charge in [0.2, 0.25) is 12.7 Å². The van der Waals surface area contributed by atoms with Crippen LogP contribution >= 0.6 is 11.8 Å². The van der Waals surface area contributed by atoms with E-state index in [1.807, 2.05) is 50.2 Å². The van der Waals surface area contributed by atoms with Crippen molar-refractivity contribution in [2.75, 3.05) is 12.7 Å². The number of aryl methyl sites for hydroxylation is 1. The summed E-state index contributed by atoms with van der Waals surface area (Å²) in [5.41, 5.74) is 2.89. The number of amides is 3. The average Bonchev–Trinajstić information content (AvgIpc) is 3.61. The van der Waals surface area contributed by atoms with Gasteiger partial charge in [0.05, 0.1) is 11.9 Å². The Bertz CT molecular complexity index is 1560. The summed E-state index contributed by atoms with van der Waals surface area (Å²) in [7, 11) is 0. The molecule has 3 unspecified atom stereocenters. The number of benzene rings is 3. The topological polar surface area (TPSA) is 137 Å². The number of hydrogen-bond donors (Lipinski definition) is 4. The highest BCUT2D eigenvalue weighted by Crippen LogP contribution is 2.40. The predicted octanol–water partition coefficient (Wildman–Crippen LogP) is 3.44. The van der Waals surface area contributed by atoms with Gasteiger partial charge in [-0.05, 0) is 69.0 Å². The summed E-state index contributed by atoms with van der Waals surface area (Å²) in [5, 5.41) is 27.7. The van der Waals surface area contributed by atoms with Crippen molar-refractivity contribution in [2.24, 2.45) is 0 Å². The van der Waals surface area contributed by atoms with Crippen molar-refractivity contribution in [3.05, 3.63) is 88.5 Å². The minimum absolute atomic E-state index is 0.0137. The van der Waals surface area contributed by atoms with Crippen molar-refractivity contribution in [3.8, 4) is 17.2 Å². The Labute approximate surface area is 260 Å². The lowest BCUT2D eigenvalue weighted by Crippen LogP contribution is -2.58. The first-order valence-electron chi connectivity index (χ1n) is 14.4. The number of rotatable bonds is 9. The number of hydrogen-bond acceptors (Lipinski definition) is 8. The van der Waals surface area contributed by atoms with E-state index in [1.54, 1.807) is 38.1 Å². The molecule has 3 amide bonds. The highest BCUT2D eigenvalue weighted by atomic mass is 32.2. The lowest BCUT2D eigenvalue weighted by molar-refractivity contribution is -0.147. The van der Waals surface area contributed by atoms with Gasteiger partial charge in [0, 0.05) is 22.4 Å². The SMILES string of the molecule is Cc1ccc(C(=O)NC(Cc2ccccc2)C(O)C(=O)N2CSC(C)(C)C2C(=O)NCc2ccc3c(c2)OCO3)c(C)c1O. The number of carbonyl (C=O) groups excluding carboxylic acids is 3. The number of phenolic OH excluding ortho intramolecular Hbond substituents is 1. The molecule has 10 nitrogen and oxygen atoms in total. The van der Waals surface area contributed by atoms with Crippen LogP contribution in [0.1, 0.15) is 46.5 Å². The van der Waals surface area contributed by atoms with Crippen LogP contribution in [0.2, 0.25) is 0 Å². The second kappa shape index (κ2) is 12.8. The van der Waals surface area contributed by atoms with Gasteiger partial charge in [0.1, 0.15) is 11.8 Å². The zero-order chi connectivity index (χ0) is 31.6. The molecule has 4 N–H and O–H groups in total. The van der Waals surface area contributed by atoms with Crippen molar-refractivity contribution < 1.29 is 34.1 Å². The van der Waals surface area contributed by atoms with Gasteiger partial charge in [-0.2, -0.15) is 0 Å². The minimum atomic E-state index is -1.64. The minimum Gasteiger partial charge on any atom is -0.507 e. The molecule has 1 saturated heterocycles. The van der Waals surface area contributed by atoms with E-state index in [9.17, 15) is 24.6 Å². The number of aliphatic hydroxyl groups is 1. The summed E-state index contributed by atoms with van der Waals surface area (Å²) in [6.45, 7) is 7.52. The number of aliphatic hydroxyl groups excluding tert-OH is 1. The van der Waals surface area contributed by atoms with E-state index in [0.717, 1.165) is 11.1 Å². The van der Waals surface area contributed by atoms with Gasteiger partial charge in [0.25, 0.3) is 11.8 Å². The second-order valence-electron chi connectivity index (χ2n) is 11.6. The van der Waals surface area contributed by atoms with Crippen molar-refractivity contribution in [3.63, 3.8) is 0 Å². The molecule has 0 bridgehead atoms. The molecule has 0 aliphatic carbocycles. The molecule has 3 aromatic rings. The number of nitrogens with one attached hydrogen (secondary N) is 2. The Morgan fingerprint density at radius 3 is 2.50 bits per heavy atom. The zero-order valence-corrected chi connectivity index (χ0v) is 25.9. The molecule has 2 aliphatic heterocycles. The molecule has 11 heteroatoms. The fourth-order valence-electron chi connectivity index (χ4n) is 5.53. The van der Waals surface area contributed by atoms with Crippen LogP contribution in [0.25, 0.3) is 0 Å². The molecule has 0 spiro atoms. The van der Waals surface area contributed by atoms with Gasteiger partial charge in [-0.25, -0.2) is 0 Å². The first kappa shape index (κ1) is 31.2. The molecule has 1 fully saturated rings. The van der Waals surface area contributed by atoms with Crippen molar-refractivity contribution >= 4 is 29.5 Å². The Hall–Kier alpha value is -4.22. The summed E-state index contributed by atoms with van der Waals surface area (Å²) >= 11 is 1.44. The third-order valence-corrected chi connectivity index (χ3v) is 9.48. The first-order chi connectivity index (χ1) is 21.0. The van der Waals surface area contributed by atoms with Crippen LogP contribution in [0, 0.1) is 13.8 Å². The lowest BCUT2D eigenvalue weighted by Gasteiger charge is -2.33. The van der Waals surface area contributed by atoms with Crippen molar-refractivity contribution in [1.82, 2.24) is 15.5 Å². The predicted molar refractivity (Wildman–Crippen MR) is 167 cm³/mol. The number of thioether (sulfide) groups is 1. The van der Waals surface area contributed by atoms with Crippen LogP contribution < -0.4 is 20.1 Å². The van der Waals surface area contributed by atoms with Gasteiger partial charge in [-0.3, -0.25) is 14.4 Å². The monoisotopic (exact) mass is 619 g/mol. The van der Waals surface area contributed by atoms with Gasteiger partial charge >= 0.3 is 0 Å². The highest BCUT2D eigenvalue weighted by Gasteiger charge is 2.49. The molecule has 0 saturated carbocycles. The maximum atomic E-state index is 13.9. The normalized spacial score (nSPS) is 18.0. The van der Waals surface area contributed by atoms with E-state index >= 15 is 0 Å². The number of nitrogens with zero attached hydrogens (tertiary/aromatic N) is 1. The summed E-state index contributed by atoms with van der Waals surface area (Å²) in [5.74, 6) is -0.0770. The number of fused-ring (bicyclic) bond motifs is 1. The van der Waals surface area contributed by atoms with Crippen molar-refractivity contribution in [1.29, 1.82) is 0 Å². The maximum Gasteiger partial charge on any atom is 0.254 e. The molecular formula is C33H37N3O7S. The van der Waals surface area contributed by atoms with E-state index < -0.39 is 34.7 Å². The van der Waals surface area contributed by atoms with Gasteiger partial charge in [0.15, 0.2) is 17.6 Å². The third kappa shape index (κ3) is 6.48. The molecule has 2 aliphatic rings. The van der Waals surface area contributed by atoms with Crippen molar-refractivity contribution in [2.45, 2.75) is 63.6 Å². The van der Waals surface area contributed by atoms with Gasteiger partial charge in [-0.15, -0.1) is 11.8 Å². The molecular weight excluding hydrogens is 582 g/mol. The fourth-order valence-corrected chi connectivity index (χ4v) is 6.67. The maximum absolute atomic E-state index is 13.9. The number of aromatic hydroxyl groups is 1. The van der Waals surface area contributed by atoms with E-state index in [0.29, 0.717) is 22.6 Å². The van der Waals surface area contributed by atoms with Gasteiger partial charge < -0.3 is 35.2 Å². The van der Waals surface area contributed by atoms with Crippen LogP contribution in [0.15, 0.2) is 60.7 Å². The molecule has 2 heterocycles. The van der Waals surface area contributed by atoms with Gasteiger partial charge in [-0.1, -0.05) is 42.5 Å². The zero-order valence-electron chi connectivity index (χ0n) is 25.1. The lowest BCUT2D eigenvalue weighted by atomic mass is 9.96. The van der Waals surface area contributed by atoms with E-state index in [4.69, 9.17) is 9.47 Å². The van der Waals surface area contributed by atoms with E-state index in [1.165, 1.54) is 16.7 Å². The van der Waals surface area contributed by atoms with Crippen LogP contribution in [0.5, 0.6) is 17.2 Å². The number of carbonyl (C=O) groups is 3. The van der Waals surface area contributed by atoms with Crippen LogP contribution in [-0.4, -0.2) is 68.4 Å². The standard InChI is InChI=1S/C33H37N3O7S/c1-19-10-12-23(20(2)27(19)37)30(39)35-24(14-21-8-6-5-7-9-21)28(38)32(41)36-17-44-33(3,4)29(36)31(40)34-16-22-11-13-25-26(15-22)43-18-42-25/h5-13,15,24,28-29,37-38H,14,16-18H2,1-4H3,(H,34,40)(H,35,39). The van der Waals surface area contributed by atoms with E-state index in [2.05, 4.69) is 10.6 Å². The molecule has 0 radical (unpaired) electrons. The largest absolute Gasteiger partial charge is 0.507 e. The van der Waals surface area contributed by atoms with Crippen LogP contribution in [0.4, 0.5) is 0 Å². The first-order valence-corrected chi connectivity index (χ1v) is 15.4. The number of phenols is 1. The summed E-state index contributed by atoms with van der Waals surface area (Å²) in [4.78, 5) is 42.3.